The Balaban J connectivity index is 1.57. The molecule has 0 aliphatic heterocycles. The van der Waals surface area contributed by atoms with Gasteiger partial charge in [0.2, 0.25) is 0 Å². The van der Waals surface area contributed by atoms with Crippen molar-refractivity contribution in [2.75, 3.05) is 13.2 Å². The molecule has 0 aromatic carbocycles. The van der Waals surface area contributed by atoms with Crippen molar-refractivity contribution >= 4 is 12.0 Å². The molecule has 2 aliphatic rings. The molecule has 0 heterocycles. The lowest BCUT2D eigenvalue weighted by Gasteiger charge is -2.15. The summed E-state index contributed by atoms with van der Waals surface area (Å²) < 4.78 is 5.61. The number of ether oxygens (including phenoxy) is 1. The van der Waals surface area contributed by atoms with E-state index in [0.29, 0.717) is 19.3 Å². The summed E-state index contributed by atoms with van der Waals surface area (Å²) in [7, 11) is 0. The minimum Gasteiger partial charge on any atom is -0.480 e. The summed E-state index contributed by atoms with van der Waals surface area (Å²) in [5.74, 6) is -0.863. The minimum atomic E-state index is -0.958. The van der Waals surface area contributed by atoms with E-state index in [2.05, 4.69) is 10.6 Å². The van der Waals surface area contributed by atoms with Crippen molar-refractivity contribution in [2.45, 2.75) is 50.7 Å². The molecule has 0 spiro atoms. The van der Waals surface area contributed by atoms with Crippen molar-refractivity contribution < 1.29 is 19.4 Å². The van der Waals surface area contributed by atoms with E-state index < -0.39 is 18.0 Å². The quantitative estimate of drug-likeness (QED) is 0.605. The Kier molecular flexibility index (Phi) is 5.01. The molecule has 1 atom stereocenters. The highest BCUT2D eigenvalue weighted by molar-refractivity contribution is 5.83. The summed E-state index contributed by atoms with van der Waals surface area (Å²) in [5, 5.41) is 14.1. The number of urea groups is 1. The lowest BCUT2D eigenvalue weighted by Crippen LogP contribution is -2.47. The second kappa shape index (κ2) is 6.75. The van der Waals surface area contributed by atoms with E-state index in [9.17, 15) is 9.59 Å². The van der Waals surface area contributed by atoms with Gasteiger partial charge in [-0.25, -0.2) is 9.59 Å². The van der Waals surface area contributed by atoms with Crippen LogP contribution >= 0.6 is 0 Å². The van der Waals surface area contributed by atoms with E-state index in [1.165, 1.54) is 12.8 Å². The molecule has 2 fully saturated rings. The molecule has 0 aromatic rings. The highest BCUT2D eigenvalue weighted by Crippen LogP contribution is 2.32. The zero-order valence-corrected chi connectivity index (χ0v) is 11.1. The fourth-order valence-corrected chi connectivity index (χ4v) is 2.45. The third-order valence-corrected chi connectivity index (χ3v) is 3.69. The molecule has 2 aliphatic carbocycles. The molecule has 0 aromatic heterocycles. The zero-order chi connectivity index (χ0) is 13.7. The molecule has 2 rings (SSSR count). The Morgan fingerprint density at radius 2 is 1.89 bits per heavy atom. The van der Waals surface area contributed by atoms with Crippen LogP contribution in [-0.4, -0.2) is 42.4 Å². The zero-order valence-electron chi connectivity index (χ0n) is 11.1. The van der Waals surface area contributed by atoms with Gasteiger partial charge in [0, 0.05) is 6.54 Å². The van der Waals surface area contributed by atoms with Crippen molar-refractivity contribution in [1.82, 2.24) is 10.6 Å². The Morgan fingerprint density at radius 1 is 1.21 bits per heavy atom. The molecule has 0 saturated heterocycles. The number of aliphatic carboxylic acids is 1. The van der Waals surface area contributed by atoms with Gasteiger partial charge in [0.05, 0.1) is 12.7 Å². The number of carboxylic acid groups (broad SMARTS) is 1. The van der Waals surface area contributed by atoms with E-state index in [0.717, 1.165) is 25.7 Å². The fraction of sp³-hybridized carbons (Fsp3) is 0.846. The van der Waals surface area contributed by atoms with E-state index in [1.807, 2.05) is 0 Å². The van der Waals surface area contributed by atoms with Gasteiger partial charge >= 0.3 is 12.0 Å². The number of hydrogen-bond donors (Lipinski definition) is 3. The van der Waals surface area contributed by atoms with Crippen molar-refractivity contribution in [2.24, 2.45) is 5.92 Å². The maximum Gasteiger partial charge on any atom is 0.326 e. The van der Waals surface area contributed by atoms with Crippen LogP contribution < -0.4 is 10.6 Å². The van der Waals surface area contributed by atoms with E-state index in [1.54, 1.807) is 0 Å². The number of amides is 2. The summed E-state index contributed by atoms with van der Waals surface area (Å²) in [4.78, 5) is 22.5. The molecule has 3 N–H and O–H groups in total. The van der Waals surface area contributed by atoms with Crippen LogP contribution in [-0.2, 0) is 9.53 Å². The highest BCUT2D eigenvalue weighted by atomic mass is 16.5. The third-order valence-electron chi connectivity index (χ3n) is 3.69. The maximum atomic E-state index is 11.5. The lowest BCUT2D eigenvalue weighted by molar-refractivity contribution is -0.139. The van der Waals surface area contributed by atoms with Crippen LogP contribution in [0.25, 0.3) is 0 Å². The molecule has 2 amide bonds. The van der Waals surface area contributed by atoms with Gasteiger partial charge in [-0.3, -0.25) is 0 Å². The average Bonchev–Trinajstić information content (AvgIpc) is 3.08. The Morgan fingerprint density at radius 3 is 2.47 bits per heavy atom. The number of rotatable bonds is 7. The summed E-state index contributed by atoms with van der Waals surface area (Å²) in [6.45, 7) is 0.901. The van der Waals surface area contributed by atoms with Gasteiger partial charge in [-0.1, -0.05) is 12.8 Å². The third kappa shape index (κ3) is 4.70. The number of carbonyl (C=O) groups excluding carboxylic acids is 1. The fourth-order valence-electron chi connectivity index (χ4n) is 2.45. The monoisotopic (exact) mass is 270 g/mol. The van der Waals surface area contributed by atoms with Crippen LogP contribution in [0, 0.1) is 5.92 Å². The Hall–Kier alpha value is -1.30. The number of carboxylic acids is 1. The first-order chi connectivity index (χ1) is 9.16. The normalized spacial score (nSPS) is 21.1. The molecule has 0 bridgehead atoms. The van der Waals surface area contributed by atoms with Crippen LogP contribution in [0.5, 0.6) is 0 Å². The van der Waals surface area contributed by atoms with Gasteiger partial charge in [0.1, 0.15) is 6.04 Å². The molecule has 0 radical (unpaired) electrons. The predicted octanol–water partition coefficient (Wildman–Crippen LogP) is 1.11. The van der Waals surface area contributed by atoms with Gasteiger partial charge in [-0.2, -0.15) is 0 Å². The first-order valence-electron chi connectivity index (χ1n) is 7.05. The van der Waals surface area contributed by atoms with Crippen LogP contribution in [0.1, 0.15) is 38.5 Å². The van der Waals surface area contributed by atoms with Gasteiger partial charge in [0.25, 0.3) is 0 Å². The van der Waals surface area contributed by atoms with Gasteiger partial charge in [-0.15, -0.1) is 0 Å². The molecule has 6 nitrogen and oxygen atoms in total. The van der Waals surface area contributed by atoms with Gasteiger partial charge in [-0.05, 0) is 31.6 Å². The van der Waals surface area contributed by atoms with Crippen LogP contribution in [0.4, 0.5) is 4.79 Å². The first-order valence-corrected chi connectivity index (χ1v) is 7.05. The smallest absolute Gasteiger partial charge is 0.326 e. The number of hydrogen-bond acceptors (Lipinski definition) is 3. The molecule has 1 unspecified atom stereocenters. The average molecular weight is 270 g/mol. The predicted molar refractivity (Wildman–Crippen MR) is 68.9 cm³/mol. The van der Waals surface area contributed by atoms with Crippen molar-refractivity contribution in [3.8, 4) is 0 Å². The molecular weight excluding hydrogens is 248 g/mol. The Labute approximate surface area is 112 Å². The molecule has 6 heteroatoms. The summed E-state index contributed by atoms with van der Waals surface area (Å²) in [6, 6.07) is -1.18. The topological polar surface area (TPSA) is 87.7 Å². The van der Waals surface area contributed by atoms with Crippen LogP contribution in [0.3, 0.4) is 0 Å². The van der Waals surface area contributed by atoms with E-state index in [4.69, 9.17) is 9.84 Å². The Bertz CT molecular complexity index is 325. The van der Waals surface area contributed by atoms with Crippen molar-refractivity contribution in [1.29, 1.82) is 0 Å². The lowest BCUT2D eigenvalue weighted by atomic mass is 10.2. The number of nitrogens with one attached hydrogen (secondary N) is 2. The molecule has 2 saturated carbocycles. The van der Waals surface area contributed by atoms with Gasteiger partial charge in [0.15, 0.2) is 0 Å². The van der Waals surface area contributed by atoms with Gasteiger partial charge < -0.3 is 20.5 Å². The SMILES string of the molecule is O=C(NCCOC1CCCC1)NC(C(=O)O)C1CC1. The standard InChI is InChI=1S/C13H22N2O4/c16-12(17)11(9-5-6-9)15-13(18)14-7-8-19-10-3-1-2-4-10/h9-11H,1-8H2,(H,16,17)(H2,14,15,18). The highest BCUT2D eigenvalue weighted by Gasteiger charge is 2.37. The van der Waals surface area contributed by atoms with Crippen LogP contribution in [0.15, 0.2) is 0 Å². The largest absolute Gasteiger partial charge is 0.480 e. The maximum absolute atomic E-state index is 11.5. The minimum absolute atomic E-state index is 0.0954. The van der Waals surface area contributed by atoms with E-state index in [-0.39, 0.29) is 5.92 Å². The van der Waals surface area contributed by atoms with Crippen molar-refractivity contribution in [3.63, 3.8) is 0 Å². The second-order valence-electron chi connectivity index (χ2n) is 5.33. The molecule has 108 valence electrons. The summed E-state index contributed by atoms with van der Waals surface area (Å²) in [6.07, 6.45) is 6.75. The molecule has 19 heavy (non-hydrogen) atoms. The summed E-state index contributed by atoms with van der Waals surface area (Å²) in [5.41, 5.74) is 0. The van der Waals surface area contributed by atoms with Crippen LogP contribution in [0.2, 0.25) is 0 Å². The number of carbonyl (C=O) groups is 2. The first kappa shape index (κ1) is 14.1. The summed E-state index contributed by atoms with van der Waals surface area (Å²) >= 11 is 0. The van der Waals surface area contributed by atoms with E-state index >= 15 is 0 Å². The molecular formula is C13H22N2O4. The van der Waals surface area contributed by atoms with Crippen molar-refractivity contribution in [3.05, 3.63) is 0 Å². The second-order valence-corrected chi connectivity index (χ2v) is 5.33.